The van der Waals surface area contributed by atoms with Gasteiger partial charge in [0.05, 0.1) is 0 Å². The lowest BCUT2D eigenvalue weighted by Gasteiger charge is -2.25. The molecule has 1 aromatic carbocycles. The third-order valence-electron chi connectivity index (χ3n) is 2.46. The topological polar surface area (TPSA) is 38.3 Å². The fourth-order valence-electron chi connectivity index (χ4n) is 1.09. The van der Waals surface area contributed by atoms with Gasteiger partial charge in [0, 0.05) is 16.0 Å². The molecule has 17 heavy (non-hydrogen) atoms. The highest BCUT2D eigenvalue weighted by Crippen LogP contribution is 2.20. The molecule has 1 amide bonds. The van der Waals surface area contributed by atoms with Crippen LogP contribution in [0.1, 0.15) is 20.3 Å². The van der Waals surface area contributed by atoms with E-state index in [2.05, 4.69) is 21.2 Å². The van der Waals surface area contributed by atoms with E-state index in [4.69, 9.17) is 16.3 Å². The summed E-state index contributed by atoms with van der Waals surface area (Å²) in [6, 6.07) is 6.86. The fraction of sp³-hybridized carbons (Fsp3) is 0.417. The van der Waals surface area contributed by atoms with Gasteiger partial charge in [-0.2, -0.15) is 0 Å². The zero-order valence-corrected chi connectivity index (χ0v) is 12.1. The molecular weight excluding hydrogens is 305 g/mol. The van der Waals surface area contributed by atoms with Crippen molar-refractivity contribution in [2.45, 2.75) is 25.9 Å². The predicted octanol–water partition coefficient (Wildman–Crippen LogP) is 4.45. The molecule has 0 saturated heterocycles. The second kappa shape index (κ2) is 6.26. The Bertz CT molecular complexity index is 377. The van der Waals surface area contributed by atoms with Crippen molar-refractivity contribution in [2.24, 2.45) is 0 Å². The molecule has 0 heterocycles. The van der Waals surface area contributed by atoms with E-state index in [1.807, 2.05) is 13.8 Å². The van der Waals surface area contributed by atoms with E-state index in [1.54, 1.807) is 24.3 Å². The van der Waals surface area contributed by atoms with Gasteiger partial charge < -0.3 is 4.74 Å². The molecule has 0 bridgehead atoms. The number of halogens is 2. The Hall–Kier alpha value is -0.740. The number of alkyl halides is 1. The smallest absolute Gasteiger partial charge is 0.412 e. The maximum absolute atomic E-state index is 11.6. The number of nitrogens with one attached hydrogen (secondary N) is 1. The Morgan fingerprint density at radius 1 is 1.47 bits per heavy atom. The normalized spacial score (nSPS) is 13.9. The number of hydrogen-bond donors (Lipinski definition) is 1. The van der Waals surface area contributed by atoms with Crippen LogP contribution in [0.2, 0.25) is 5.02 Å². The fourth-order valence-corrected chi connectivity index (χ4v) is 1.73. The number of anilines is 1. The first kappa shape index (κ1) is 14.3. The van der Waals surface area contributed by atoms with E-state index >= 15 is 0 Å². The summed E-state index contributed by atoms with van der Waals surface area (Å²) in [4.78, 5) is 11.6. The number of amides is 1. The Morgan fingerprint density at radius 3 is 2.53 bits per heavy atom. The van der Waals surface area contributed by atoms with Crippen molar-refractivity contribution in [2.75, 3.05) is 10.6 Å². The Morgan fingerprint density at radius 2 is 2.06 bits per heavy atom. The van der Waals surface area contributed by atoms with Gasteiger partial charge in [0.15, 0.2) is 0 Å². The zero-order chi connectivity index (χ0) is 12.9. The van der Waals surface area contributed by atoms with Gasteiger partial charge in [-0.3, -0.25) is 5.32 Å². The van der Waals surface area contributed by atoms with E-state index in [0.717, 1.165) is 6.42 Å². The summed E-state index contributed by atoms with van der Waals surface area (Å²) in [5.41, 5.74) is 0.170. The van der Waals surface area contributed by atoms with Crippen LogP contribution >= 0.6 is 27.5 Å². The van der Waals surface area contributed by atoms with Crippen LogP contribution in [0.5, 0.6) is 0 Å². The Balaban J connectivity index is 2.58. The largest absolute Gasteiger partial charge is 0.442 e. The number of hydrogen-bond acceptors (Lipinski definition) is 2. The third kappa shape index (κ3) is 4.56. The molecule has 0 saturated carbocycles. The Kier molecular flexibility index (Phi) is 5.28. The Labute approximate surface area is 115 Å². The molecule has 1 unspecified atom stereocenters. The molecule has 94 valence electrons. The number of ether oxygens (including phenoxy) is 1. The second-order valence-electron chi connectivity index (χ2n) is 3.96. The summed E-state index contributed by atoms with van der Waals surface area (Å²) in [5.74, 6) is 0. The van der Waals surface area contributed by atoms with Crippen molar-refractivity contribution in [3.63, 3.8) is 0 Å². The van der Waals surface area contributed by atoms with E-state index in [9.17, 15) is 4.79 Å². The number of benzene rings is 1. The van der Waals surface area contributed by atoms with Gasteiger partial charge in [-0.15, -0.1) is 0 Å². The second-order valence-corrected chi connectivity index (χ2v) is 4.96. The molecular formula is C12H15BrClNO2. The van der Waals surface area contributed by atoms with E-state index in [-0.39, 0.29) is 0 Å². The summed E-state index contributed by atoms with van der Waals surface area (Å²) >= 11 is 9.08. The monoisotopic (exact) mass is 319 g/mol. The van der Waals surface area contributed by atoms with Crippen LogP contribution in [0.3, 0.4) is 0 Å². The van der Waals surface area contributed by atoms with Crippen LogP contribution in [-0.2, 0) is 4.74 Å². The molecule has 0 spiro atoms. The summed E-state index contributed by atoms with van der Waals surface area (Å²) in [6.07, 6.45) is 0.280. The first-order valence-corrected chi connectivity index (χ1v) is 6.80. The molecule has 1 aromatic rings. The maximum Gasteiger partial charge on any atom is 0.412 e. The van der Waals surface area contributed by atoms with Crippen LogP contribution in [0.25, 0.3) is 0 Å². The molecule has 0 radical (unpaired) electrons. The molecule has 1 rings (SSSR count). The highest BCUT2D eigenvalue weighted by atomic mass is 79.9. The molecule has 0 aliphatic rings. The van der Waals surface area contributed by atoms with Gasteiger partial charge in [-0.25, -0.2) is 4.79 Å². The van der Waals surface area contributed by atoms with Crippen molar-refractivity contribution in [1.82, 2.24) is 0 Å². The van der Waals surface area contributed by atoms with Crippen molar-refractivity contribution in [3.8, 4) is 0 Å². The molecule has 5 heteroatoms. The van der Waals surface area contributed by atoms with Crippen molar-refractivity contribution in [3.05, 3.63) is 29.3 Å². The molecule has 0 aliphatic heterocycles. The SMILES string of the molecule is CCC(C)(CBr)OC(=O)Nc1ccc(Cl)cc1. The number of carbonyl (C=O) groups is 1. The summed E-state index contributed by atoms with van der Waals surface area (Å²) in [7, 11) is 0. The van der Waals surface area contributed by atoms with Gasteiger partial charge in [0.2, 0.25) is 0 Å². The standard InChI is InChI=1S/C12H15BrClNO2/c1-3-12(2,8-13)17-11(16)15-10-6-4-9(14)5-7-10/h4-7H,3,8H2,1-2H3,(H,15,16). The van der Waals surface area contributed by atoms with Gasteiger partial charge in [0.1, 0.15) is 5.60 Å². The van der Waals surface area contributed by atoms with Crippen molar-refractivity contribution < 1.29 is 9.53 Å². The molecule has 3 nitrogen and oxygen atoms in total. The lowest BCUT2D eigenvalue weighted by Crippen LogP contribution is -2.34. The zero-order valence-electron chi connectivity index (χ0n) is 9.80. The average Bonchev–Trinajstić information content (AvgIpc) is 2.32. The molecule has 0 fully saturated rings. The first-order chi connectivity index (χ1) is 7.99. The van der Waals surface area contributed by atoms with Gasteiger partial charge >= 0.3 is 6.09 Å². The minimum atomic E-state index is -0.490. The summed E-state index contributed by atoms with van der Waals surface area (Å²) in [5, 5.41) is 3.88. The van der Waals surface area contributed by atoms with Crippen LogP contribution in [-0.4, -0.2) is 17.0 Å². The molecule has 1 atom stereocenters. The predicted molar refractivity (Wildman–Crippen MR) is 74.0 cm³/mol. The van der Waals surface area contributed by atoms with Crippen LogP contribution in [0.4, 0.5) is 10.5 Å². The van der Waals surface area contributed by atoms with Gasteiger partial charge in [-0.05, 0) is 37.6 Å². The molecule has 0 aliphatic carbocycles. The van der Waals surface area contributed by atoms with Gasteiger partial charge in [0.25, 0.3) is 0 Å². The maximum atomic E-state index is 11.6. The molecule has 0 aromatic heterocycles. The van der Waals surface area contributed by atoms with E-state index in [1.165, 1.54) is 0 Å². The van der Waals surface area contributed by atoms with E-state index < -0.39 is 11.7 Å². The highest BCUT2D eigenvalue weighted by Gasteiger charge is 2.25. The summed E-state index contributed by atoms with van der Waals surface area (Å²) < 4.78 is 5.34. The van der Waals surface area contributed by atoms with Crippen molar-refractivity contribution >= 4 is 39.3 Å². The quantitative estimate of drug-likeness (QED) is 0.832. The van der Waals surface area contributed by atoms with Crippen molar-refractivity contribution in [1.29, 1.82) is 0 Å². The highest BCUT2D eigenvalue weighted by molar-refractivity contribution is 9.09. The average molecular weight is 321 g/mol. The minimum absolute atomic E-state index is 0.462. The van der Waals surface area contributed by atoms with Crippen LogP contribution < -0.4 is 5.32 Å². The number of rotatable bonds is 4. The third-order valence-corrected chi connectivity index (χ3v) is 3.90. The lowest BCUT2D eigenvalue weighted by molar-refractivity contribution is 0.0508. The van der Waals surface area contributed by atoms with Crippen LogP contribution in [0.15, 0.2) is 24.3 Å². The number of carbonyl (C=O) groups excluding carboxylic acids is 1. The summed E-state index contributed by atoms with van der Waals surface area (Å²) in [6.45, 7) is 3.85. The minimum Gasteiger partial charge on any atom is -0.442 e. The molecule has 1 N–H and O–H groups in total. The van der Waals surface area contributed by atoms with E-state index in [0.29, 0.717) is 16.0 Å². The first-order valence-electron chi connectivity index (χ1n) is 5.30. The van der Waals surface area contributed by atoms with Gasteiger partial charge in [-0.1, -0.05) is 34.5 Å². The lowest BCUT2D eigenvalue weighted by atomic mass is 10.1. The van der Waals surface area contributed by atoms with Crippen LogP contribution in [0, 0.1) is 0 Å².